The van der Waals surface area contributed by atoms with Gasteiger partial charge in [-0.3, -0.25) is 4.79 Å². The number of amides is 1. The second-order valence-electron chi connectivity index (χ2n) is 13.1. The number of aliphatic hydroxyl groups excluding tert-OH is 4. The smallest absolute Gasteiger partial charge is 0.267 e. The second kappa shape index (κ2) is 16.3. The number of rotatable bonds is 11. The molecule has 0 aromatic rings. The van der Waals surface area contributed by atoms with Crippen molar-refractivity contribution in [3.63, 3.8) is 0 Å². The Balaban J connectivity index is 1.58. The summed E-state index contributed by atoms with van der Waals surface area (Å²) in [4.78, 5) is 12.3. The molecule has 4 rings (SSSR count). The molecule has 5 N–H and O–H groups in total. The van der Waals surface area contributed by atoms with E-state index in [0.29, 0.717) is 12.3 Å². The van der Waals surface area contributed by atoms with E-state index in [4.69, 9.17) is 23.7 Å². The summed E-state index contributed by atoms with van der Waals surface area (Å²) >= 11 is 0. The molecular formula is C30H49F4NO10. The fourth-order valence-corrected chi connectivity index (χ4v) is 7.18. The number of carbonyl (C=O) groups is 1. The monoisotopic (exact) mass is 659 g/mol. The van der Waals surface area contributed by atoms with E-state index in [1.807, 2.05) is 0 Å². The van der Waals surface area contributed by atoms with Crippen molar-refractivity contribution in [1.82, 2.24) is 5.32 Å². The van der Waals surface area contributed by atoms with Crippen LogP contribution >= 0.6 is 0 Å². The number of hydrogen-bond acceptors (Lipinski definition) is 10. The molecule has 14 atom stereocenters. The molecule has 0 aromatic carbocycles. The summed E-state index contributed by atoms with van der Waals surface area (Å²) < 4.78 is 86.1. The van der Waals surface area contributed by atoms with E-state index in [2.05, 4.69) is 5.32 Å². The molecule has 0 aromatic heterocycles. The zero-order valence-electron chi connectivity index (χ0n) is 25.9. The maximum Gasteiger partial charge on any atom is 0.267 e. The van der Waals surface area contributed by atoms with Crippen molar-refractivity contribution in [1.29, 1.82) is 0 Å². The van der Waals surface area contributed by atoms with Gasteiger partial charge in [0.1, 0.15) is 42.7 Å². The first-order chi connectivity index (χ1) is 21.3. The average Bonchev–Trinajstić information content (AvgIpc) is 2.98. The van der Waals surface area contributed by atoms with Gasteiger partial charge in [-0.2, -0.15) is 0 Å². The summed E-state index contributed by atoms with van der Waals surface area (Å²) in [6.07, 6.45) is -17.4. The summed E-state index contributed by atoms with van der Waals surface area (Å²) in [6.45, 7) is 4.37. The number of ether oxygens (including phenoxy) is 5. The van der Waals surface area contributed by atoms with Crippen LogP contribution in [0.3, 0.4) is 0 Å². The third-order valence-corrected chi connectivity index (χ3v) is 9.56. The van der Waals surface area contributed by atoms with Gasteiger partial charge < -0.3 is 49.4 Å². The summed E-state index contributed by atoms with van der Waals surface area (Å²) in [5, 5.41) is 44.4. The number of nitrogens with one attached hydrogen (secondary N) is 1. The summed E-state index contributed by atoms with van der Waals surface area (Å²) in [5.74, 6) is -1.65. The van der Waals surface area contributed by atoms with E-state index in [-0.39, 0.29) is 19.3 Å². The third-order valence-electron chi connectivity index (χ3n) is 9.56. The molecule has 45 heavy (non-hydrogen) atoms. The first-order valence-electron chi connectivity index (χ1n) is 16.1. The molecule has 0 bridgehead atoms. The molecule has 4 fully saturated rings. The topological polar surface area (TPSA) is 156 Å². The molecule has 15 heteroatoms. The molecule has 14 unspecified atom stereocenters. The Hall–Kier alpha value is -1.17. The predicted molar refractivity (Wildman–Crippen MR) is 149 cm³/mol. The average molecular weight is 660 g/mol. The zero-order valence-corrected chi connectivity index (χ0v) is 25.9. The molecule has 4 aliphatic rings. The van der Waals surface area contributed by atoms with Gasteiger partial charge in [0, 0.05) is 12.8 Å². The molecule has 2 saturated carbocycles. The number of halogens is 4. The molecule has 2 saturated heterocycles. The maximum absolute atomic E-state index is 14.3. The van der Waals surface area contributed by atoms with Crippen LogP contribution in [-0.4, -0.2) is 119 Å². The Labute approximate surface area is 260 Å². The van der Waals surface area contributed by atoms with Gasteiger partial charge in [-0.15, -0.1) is 0 Å². The summed E-state index contributed by atoms with van der Waals surface area (Å²) in [6, 6.07) is -1.29. The van der Waals surface area contributed by atoms with Crippen molar-refractivity contribution in [2.75, 3.05) is 0 Å². The van der Waals surface area contributed by atoms with Gasteiger partial charge in [-0.25, -0.2) is 17.6 Å². The first-order valence-corrected chi connectivity index (χ1v) is 16.1. The number of alkyl halides is 4. The molecular weight excluding hydrogens is 610 g/mol. The third kappa shape index (κ3) is 9.05. The highest BCUT2D eigenvalue weighted by Crippen LogP contribution is 2.39. The van der Waals surface area contributed by atoms with Crippen LogP contribution in [0.4, 0.5) is 17.6 Å². The highest BCUT2D eigenvalue weighted by molar-refractivity contribution is 5.73. The SMILES string of the molecule is CC(=O)NC1C(OC2CCCC(C(F)F)C2OC2OC(C)C(O)C(O)C2O)OC(C(F)F)C(O)C1OC(C)CC1CCCCC1. The van der Waals surface area contributed by atoms with Gasteiger partial charge in [-0.05, 0) is 39.0 Å². The molecule has 0 radical (unpaired) electrons. The number of aliphatic hydroxyl groups is 4. The highest BCUT2D eigenvalue weighted by Gasteiger charge is 2.53. The Bertz CT molecular complexity index is 933. The molecule has 1 amide bonds. The second-order valence-corrected chi connectivity index (χ2v) is 13.1. The van der Waals surface area contributed by atoms with E-state index in [9.17, 15) is 42.8 Å². The number of hydrogen-bond donors (Lipinski definition) is 5. The Morgan fingerprint density at radius 3 is 2.13 bits per heavy atom. The lowest BCUT2D eigenvalue weighted by Crippen LogP contribution is -2.67. The fourth-order valence-electron chi connectivity index (χ4n) is 7.18. The van der Waals surface area contributed by atoms with Crippen molar-refractivity contribution in [3.8, 4) is 0 Å². The zero-order chi connectivity index (χ0) is 33.0. The van der Waals surface area contributed by atoms with E-state index in [0.717, 1.165) is 32.1 Å². The quantitative estimate of drug-likeness (QED) is 0.209. The van der Waals surface area contributed by atoms with Crippen molar-refractivity contribution < 1.29 is 66.5 Å². The van der Waals surface area contributed by atoms with E-state index >= 15 is 0 Å². The minimum Gasteiger partial charge on any atom is -0.388 e. The Kier molecular flexibility index (Phi) is 13.3. The molecule has 2 aliphatic heterocycles. The lowest BCUT2D eigenvalue weighted by Gasteiger charge is -2.48. The van der Waals surface area contributed by atoms with Crippen LogP contribution in [0.15, 0.2) is 0 Å². The van der Waals surface area contributed by atoms with Gasteiger partial charge in [-0.1, -0.05) is 38.5 Å². The first kappa shape index (κ1) is 36.7. The molecule has 2 heterocycles. The maximum atomic E-state index is 14.3. The van der Waals surface area contributed by atoms with Gasteiger partial charge in [0.15, 0.2) is 12.6 Å². The van der Waals surface area contributed by atoms with Crippen molar-refractivity contribution in [2.45, 2.75) is 171 Å². The van der Waals surface area contributed by atoms with Crippen LogP contribution in [0.5, 0.6) is 0 Å². The normalized spacial score (nSPS) is 42.6. The van der Waals surface area contributed by atoms with Crippen molar-refractivity contribution in [3.05, 3.63) is 0 Å². The van der Waals surface area contributed by atoms with Gasteiger partial charge in [0.2, 0.25) is 12.3 Å². The summed E-state index contributed by atoms with van der Waals surface area (Å²) in [7, 11) is 0. The van der Waals surface area contributed by atoms with Gasteiger partial charge >= 0.3 is 0 Å². The van der Waals surface area contributed by atoms with Gasteiger partial charge in [0.05, 0.1) is 24.4 Å². The largest absolute Gasteiger partial charge is 0.388 e. The van der Waals surface area contributed by atoms with Crippen molar-refractivity contribution >= 4 is 5.91 Å². The number of carbonyl (C=O) groups excluding carboxylic acids is 1. The molecule has 262 valence electrons. The lowest BCUT2D eigenvalue weighted by atomic mass is 9.84. The summed E-state index contributed by atoms with van der Waals surface area (Å²) in [5.41, 5.74) is 0. The highest BCUT2D eigenvalue weighted by atomic mass is 19.3. The van der Waals surface area contributed by atoms with Crippen molar-refractivity contribution in [2.24, 2.45) is 11.8 Å². The van der Waals surface area contributed by atoms with Crippen LogP contribution in [0.2, 0.25) is 0 Å². The van der Waals surface area contributed by atoms with Crippen LogP contribution in [0, 0.1) is 11.8 Å². The minimum atomic E-state index is -3.17. The van der Waals surface area contributed by atoms with Crippen LogP contribution in [0.1, 0.15) is 78.6 Å². The standard InChI is InChI=1S/C30H49F4NO10/c1-13(12-16-8-5-4-6-9-16)41-25-19(35-15(3)36)29(45-26(23(25)40)28(33)34)43-18-11-7-10-17(27(31)32)24(18)44-30-22(39)21(38)20(37)14(2)42-30/h13-14,16-30,37-40H,4-12H2,1-3H3,(H,35,36). The predicted octanol–water partition coefficient (Wildman–Crippen LogP) is 2.25. The Morgan fingerprint density at radius 1 is 0.822 bits per heavy atom. The van der Waals surface area contributed by atoms with Gasteiger partial charge in [0.25, 0.3) is 6.43 Å². The van der Waals surface area contributed by atoms with E-state index in [1.165, 1.54) is 13.8 Å². The van der Waals surface area contributed by atoms with Crippen LogP contribution < -0.4 is 5.32 Å². The molecule has 0 spiro atoms. The molecule has 11 nitrogen and oxygen atoms in total. The molecule has 2 aliphatic carbocycles. The fraction of sp³-hybridized carbons (Fsp3) is 0.967. The van der Waals surface area contributed by atoms with Crippen LogP contribution in [-0.2, 0) is 28.5 Å². The Morgan fingerprint density at radius 2 is 1.51 bits per heavy atom. The van der Waals surface area contributed by atoms with E-state index < -0.39 is 104 Å². The minimum absolute atomic E-state index is 0.00911. The van der Waals surface area contributed by atoms with E-state index in [1.54, 1.807) is 6.92 Å². The lowest BCUT2D eigenvalue weighted by molar-refractivity contribution is -0.344. The van der Waals surface area contributed by atoms with Crippen LogP contribution in [0.25, 0.3) is 0 Å².